The molecule has 0 amide bonds. The molecule has 8 heavy (non-hydrogen) atoms. The molecule has 0 saturated carbocycles. The Morgan fingerprint density at radius 2 is 2.38 bits per heavy atom. The summed E-state index contributed by atoms with van der Waals surface area (Å²) >= 11 is 1.58. The van der Waals surface area contributed by atoms with Gasteiger partial charge in [-0.2, -0.15) is 0 Å². The minimum atomic E-state index is 0.993. The Morgan fingerprint density at radius 3 is 2.50 bits per heavy atom. The maximum Gasteiger partial charge on any atom is 0.0403 e. The summed E-state index contributed by atoms with van der Waals surface area (Å²) in [5.41, 5.74) is 5.20. The van der Waals surface area contributed by atoms with Gasteiger partial charge in [-0.15, -0.1) is 11.8 Å². The van der Waals surface area contributed by atoms with Crippen molar-refractivity contribution in [1.29, 1.82) is 0 Å². The highest BCUT2D eigenvalue weighted by Crippen LogP contribution is 2.04. The number of nitrogens with two attached hydrogens (primary N) is 1. The normalized spacial score (nSPS) is 13.0. The standard InChI is InChI=1S/C5H10N2S/c1-7-4-5(3-6)8-2/h3-4H,6H2,1-2H3. The van der Waals surface area contributed by atoms with Crippen molar-refractivity contribution in [3.05, 3.63) is 11.1 Å². The fraction of sp³-hybridized carbons (Fsp3) is 0.400. The van der Waals surface area contributed by atoms with Gasteiger partial charge in [0.1, 0.15) is 0 Å². The average Bonchev–Trinajstić information content (AvgIpc) is 1.83. The van der Waals surface area contributed by atoms with Gasteiger partial charge in [0, 0.05) is 24.4 Å². The highest BCUT2D eigenvalue weighted by atomic mass is 32.2. The Kier molecular flexibility index (Phi) is 4.45. The van der Waals surface area contributed by atoms with Gasteiger partial charge in [-0.05, 0) is 6.26 Å². The molecule has 3 heteroatoms. The molecule has 0 heterocycles. The Balaban J connectivity index is 3.72. The fourth-order valence-corrected chi connectivity index (χ4v) is 0.638. The molecule has 0 aliphatic heterocycles. The highest BCUT2D eigenvalue weighted by molar-refractivity contribution is 8.03. The van der Waals surface area contributed by atoms with Crippen LogP contribution in [0.5, 0.6) is 0 Å². The number of aliphatic imine (C=N–C) groups is 1. The third-order valence-electron chi connectivity index (χ3n) is 0.656. The summed E-state index contributed by atoms with van der Waals surface area (Å²) in [5, 5.41) is 0. The smallest absolute Gasteiger partial charge is 0.0403 e. The van der Waals surface area contributed by atoms with E-state index in [4.69, 9.17) is 5.73 Å². The lowest BCUT2D eigenvalue weighted by Gasteiger charge is -1.88. The maximum absolute atomic E-state index is 5.20. The van der Waals surface area contributed by atoms with Gasteiger partial charge >= 0.3 is 0 Å². The van der Waals surface area contributed by atoms with E-state index in [1.807, 2.05) is 6.26 Å². The summed E-state index contributed by atoms with van der Waals surface area (Å²) in [7, 11) is 1.72. The molecule has 0 bridgehead atoms. The van der Waals surface area contributed by atoms with Crippen molar-refractivity contribution in [3.8, 4) is 0 Å². The van der Waals surface area contributed by atoms with Crippen molar-refractivity contribution in [2.24, 2.45) is 10.7 Å². The van der Waals surface area contributed by atoms with Crippen molar-refractivity contribution in [1.82, 2.24) is 0 Å². The van der Waals surface area contributed by atoms with Crippen LogP contribution in [0.3, 0.4) is 0 Å². The second-order valence-electron chi connectivity index (χ2n) is 1.16. The van der Waals surface area contributed by atoms with E-state index in [9.17, 15) is 0 Å². The summed E-state index contributed by atoms with van der Waals surface area (Å²) in [6.07, 6.45) is 5.22. The molecule has 0 fully saturated rings. The lowest BCUT2D eigenvalue weighted by Crippen LogP contribution is -1.84. The van der Waals surface area contributed by atoms with E-state index in [0.29, 0.717) is 0 Å². The van der Waals surface area contributed by atoms with E-state index in [2.05, 4.69) is 4.99 Å². The Labute approximate surface area is 53.9 Å². The molecule has 0 aliphatic rings. The van der Waals surface area contributed by atoms with Crippen molar-refractivity contribution in [3.63, 3.8) is 0 Å². The molecule has 0 radical (unpaired) electrons. The molecule has 0 aromatic heterocycles. The van der Waals surface area contributed by atoms with Crippen LogP contribution >= 0.6 is 11.8 Å². The van der Waals surface area contributed by atoms with E-state index in [1.165, 1.54) is 6.20 Å². The SMILES string of the molecule is CN=CC(=CN)SC. The van der Waals surface area contributed by atoms with Gasteiger partial charge in [0.2, 0.25) is 0 Å². The molecule has 0 saturated heterocycles. The predicted octanol–water partition coefficient (Wildman–Crippen LogP) is 0.850. The first-order valence-electron chi connectivity index (χ1n) is 2.23. The number of nitrogens with zero attached hydrogens (tertiary/aromatic N) is 1. The molecular formula is C5H10N2S. The zero-order valence-corrected chi connectivity index (χ0v) is 5.90. The van der Waals surface area contributed by atoms with Crippen molar-refractivity contribution < 1.29 is 0 Å². The van der Waals surface area contributed by atoms with E-state index >= 15 is 0 Å². The lowest BCUT2D eigenvalue weighted by atomic mass is 10.6. The lowest BCUT2D eigenvalue weighted by molar-refractivity contribution is 1.47. The van der Waals surface area contributed by atoms with Crippen molar-refractivity contribution in [2.75, 3.05) is 13.3 Å². The molecule has 0 unspecified atom stereocenters. The van der Waals surface area contributed by atoms with Gasteiger partial charge in [-0.25, -0.2) is 0 Å². The molecule has 0 aromatic rings. The van der Waals surface area contributed by atoms with Crippen LogP contribution in [0.1, 0.15) is 0 Å². The summed E-state index contributed by atoms with van der Waals surface area (Å²) in [5.74, 6) is 0. The number of hydrogen-bond donors (Lipinski definition) is 1. The molecule has 46 valence electrons. The van der Waals surface area contributed by atoms with E-state index in [1.54, 1.807) is 25.0 Å². The number of rotatable bonds is 2. The minimum Gasteiger partial charge on any atom is -0.404 e. The number of thioether (sulfide) groups is 1. The average molecular weight is 130 g/mol. The van der Waals surface area contributed by atoms with Gasteiger partial charge in [-0.3, -0.25) is 4.99 Å². The van der Waals surface area contributed by atoms with E-state index < -0.39 is 0 Å². The van der Waals surface area contributed by atoms with Crippen LogP contribution in [0.15, 0.2) is 16.1 Å². The quantitative estimate of drug-likeness (QED) is 0.563. The Bertz CT molecular complexity index is 104. The second-order valence-corrected chi connectivity index (χ2v) is 2.04. The third-order valence-corrected chi connectivity index (χ3v) is 1.37. The number of allylic oxidation sites excluding steroid dienone is 1. The van der Waals surface area contributed by atoms with Gasteiger partial charge in [-0.1, -0.05) is 0 Å². The molecule has 0 aromatic carbocycles. The Hall–Kier alpha value is -0.440. The fourth-order valence-electron chi connectivity index (χ4n) is 0.291. The topological polar surface area (TPSA) is 38.4 Å². The van der Waals surface area contributed by atoms with Crippen LogP contribution in [-0.2, 0) is 0 Å². The van der Waals surface area contributed by atoms with Gasteiger partial charge < -0.3 is 5.73 Å². The molecule has 2 N–H and O–H groups in total. The highest BCUT2D eigenvalue weighted by Gasteiger charge is 1.82. The van der Waals surface area contributed by atoms with E-state index in [0.717, 1.165) is 4.91 Å². The largest absolute Gasteiger partial charge is 0.404 e. The molecule has 0 atom stereocenters. The third kappa shape index (κ3) is 2.69. The summed E-state index contributed by atoms with van der Waals surface area (Å²) in [6, 6.07) is 0. The first-order chi connectivity index (χ1) is 3.85. The van der Waals surface area contributed by atoms with Gasteiger partial charge in [0.25, 0.3) is 0 Å². The second kappa shape index (κ2) is 4.71. The van der Waals surface area contributed by atoms with Gasteiger partial charge in [0.05, 0.1) is 0 Å². The zero-order valence-electron chi connectivity index (χ0n) is 5.09. The van der Waals surface area contributed by atoms with Crippen LogP contribution in [-0.4, -0.2) is 19.5 Å². The van der Waals surface area contributed by atoms with Gasteiger partial charge in [0.15, 0.2) is 0 Å². The first kappa shape index (κ1) is 7.56. The predicted molar refractivity (Wildman–Crippen MR) is 40.2 cm³/mol. The summed E-state index contributed by atoms with van der Waals surface area (Å²) in [4.78, 5) is 4.78. The van der Waals surface area contributed by atoms with Crippen LogP contribution in [0.25, 0.3) is 0 Å². The van der Waals surface area contributed by atoms with Crippen LogP contribution in [0.4, 0.5) is 0 Å². The number of hydrogen-bond acceptors (Lipinski definition) is 3. The monoisotopic (exact) mass is 130 g/mol. The summed E-state index contributed by atoms with van der Waals surface area (Å²) < 4.78 is 0. The van der Waals surface area contributed by atoms with Crippen LogP contribution < -0.4 is 5.73 Å². The maximum atomic E-state index is 5.20. The Morgan fingerprint density at radius 1 is 1.75 bits per heavy atom. The molecular weight excluding hydrogens is 120 g/mol. The molecule has 0 spiro atoms. The van der Waals surface area contributed by atoms with Crippen molar-refractivity contribution >= 4 is 18.0 Å². The first-order valence-corrected chi connectivity index (χ1v) is 3.45. The van der Waals surface area contributed by atoms with Crippen LogP contribution in [0, 0.1) is 0 Å². The molecule has 0 aliphatic carbocycles. The minimum absolute atomic E-state index is 0.993. The molecule has 0 rings (SSSR count). The van der Waals surface area contributed by atoms with Crippen molar-refractivity contribution in [2.45, 2.75) is 0 Å². The summed E-state index contributed by atoms with van der Waals surface area (Å²) in [6.45, 7) is 0. The van der Waals surface area contributed by atoms with E-state index in [-0.39, 0.29) is 0 Å². The molecule has 2 nitrogen and oxygen atoms in total. The van der Waals surface area contributed by atoms with Crippen LogP contribution in [0.2, 0.25) is 0 Å². The zero-order chi connectivity index (χ0) is 6.41.